The first-order valence-electron chi connectivity index (χ1n) is 9.43. The molecule has 6 heteroatoms. The van der Waals surface area contributed by atoms with Gasteiger partial charge in [0.05, 0.1) is 0 Å². The van der Waals surface area contributed by atoms with Crippen LogP contribution < -0.4 is 9.47 Å². The van der Waals surface area contributed by atoms with E-state index in [9.17, 15) is 14.3 Å². The molecule has 1 N–H and O–H groups in total. The van der Waals surface area contributed by atoms with Crippen molar-refractivity contribution >= 4 is 5.91 Å². The van der Waals surface area contributed by atoms with Crippen LogP contribution in [0.15, 0.2) is 42.5 Å². The molecule has 1 aliphatic heterocycles. The lowest BCUT2D eigenvalue weighted by Crippen LogP contribution is -2.50. The van der Waals surface area contributed by atoms with Crippen molar-refractivity contribution in [1.29, 1.82) is 0 Å². The summed E-state index contributed by atoms with van der Waals surface area (Å²) in [4.78, 5) is 14.0. The molecule has 1 aliphatic rings. The summed E-state index contributed by atoms with van der Waals surface area (Å²) in [7, 11) is 0. The van der Waals surface area contributed by atoms with Crippen LogP contribution in [0, 0.1) is 19.7 Å². The Kier molecular flexibility index (Phi) is 6.19. The average Bonchev–Trinajstić information content (AvgIpc) is 2.68. The smallest absolute Gasteiger partial charge is 0.260 e. The largest absolute Gasteiger partial charge is 0.491 e. The highest BCUT2D eigenvalue weighted by atomic mass is 19.1. The maximum absolute atomic E-state index is 13.2. The highest BCUT2D eigenvalue weighted by molar-refractivity contribution is 5.77. The molecule has 0 atom stereocenters. The lowest BCUT2D eigenvalue weighted by molar-refractivity contribution is -0.138. The lowest BCUT2D eigenvalue weighted by atomic mass is 9.92. The topological polar surface area (TPSA) is 59.0 Å². The number of amides is 1. The number of carbonyl (C=O) groups excluding carboxylic acids is 1. The van der Waals surface area contributed by atoms with Crippen molar-refractivity contribution in [1.82, 2.24) is 4.90 Å². The number of ether oxygens (including phenoxy) is 2. The normalized spacial score (nSPS) is 15.9. The minimum absolute atomic E-state index is 0.152. The van der Waals surface area contributed by atoms with Gasteiger partial charge in [-0.1, -0.05) is 12.1 Å². The molecule has 5 nitrogen and oxygen atoms in total. The maximum atomic E-state index is 13.2. The standard InChI is InChI=1S/C22H26FNO4/c1-16-6-7-20(12-17(16)2)28-15-22(26)8-10-24(11-9-22)21(25)14-27-19-5-3-4-18(23)13-19/h3-7,12-13,26H,8-11,14-15H2,1-2H3. The molecule has 2 aromatic rings. The van der Waals surface area contributed by atoms with Crippen LogP contribution in [0.2, 0.25) is 0 Å². The van der Waals surface area contributed by atoms with E-state index in [-0.39, 0.29) is 19.1 Å². The molecule has 0 radical (unpaired) electrons. The van der Waals surface area contributed by atoms with Crippen molar-refractivity contribution in [2.75, 3.05) is 26.3 Å². The summed E-state index contributed by atoms with van der Waals surface area (Å²) in [6, 6.07) is 11.6. The van der Waals surface area contributed by atoms with Crippen LogP contribution in [0.5, 0.6) is 11.5 Å². The van der Waals surface area contributed by atoms with Gasteiger partial charge in [-0.05, 0) is 62.1 Å². The minimum atomic E-state index is -0.959. The number of likely N-dealkylation sites (tertiary alicyclic amines) is 1. The highest BCUT2D eigenvalue weighted by Gasteiger charge is 2.34. The fraction of sp³-hybridized carbons (Fsp3) is 0.409. The molecule has 150 valence electrons. The van der Waals surface area contributed by atoms with Gasteiger partial charge in [0.2, 0.25) is 0 Å². The zero-order chi connectivity index (χ0) is 20.1. The first kappa shape index (κ1) is 20.1. The molecule has 1 fully saturated rings. The highest BCUT2D eigenvalue weighted by Crippen LogP contribution is 2.25. The van der Waals surface area contributed by atoms with E-state index in [1.54, 1.807) is 11.0 Å². The Morgan fingerprint density at radius 1 is 1.07 bits per heavy atom. The van der Waals surface area contributed by atoms with Gasteiger partial charge in [-0.2, -0.15) is 0 Å². The van der Waals surface area contributed by atoms with Crippen LogP contribution in [-0.2, 0) is 4.79 Å². The number of rotatable bonds is 6. The van der Waals surface area contributed by atoms with Gasteiger partial charge in [0.25, 0.3) is 5.91 Å². The van der Waals surface area contributed by atoms with E-state index in [0.29, 0.717) is 31.7 Å². The SMILES string of the molecule is Cc1ccc(OCC2(O)CCN(C(=O)COc3cccc(F)c3)CC2)cc1C. The third-order valence-corrected chi connectivity index (χ3v) is 5.19. The van der Waals surface area contributed by atoms with Crippen LogP contribution >= 0.6 is 0 Å². The minimum Gasteiger partial charge on any atom is -0.491 e. The predicted molar refractivity (Wildman–Crippen MR) is 104 cm³/mol. The number of benzene rings is 2. The molecule has 0 saturated carbocycles. The number of aryl methyl sites for hydroxylation is 2. The summed E-state index contributed by atoms with van der Waals surface area (Å²) < 4.78 is 24.3. The molecule has 0 aromatic heterocycles. The van der Waals surface area contributed by atoms with Crippen LogP contribution in [0.4, 0.5) is 4.39 Å². The van der Waals surface area contributed by atoms with Gasteiger partial charge in [-0.3, -0.25) is 4.79 Å². The van der Waals surface area contributed by atoms with Crippen molar-refractivity contribution < 1.29 is 23.8 Å². The van der Waals surface area contributed by atoms with E-state index in [1.165, 1.54) is 23.8 Å². The summed E-state index contributed by atoms with van der Waals surface area (Å²) in [5.74, 6) is 0.473. The third-order valence-electron chi connectivity index (χ3n) is 5.19. The van der Waals surface area contributed by atoms with Crippen molar-refractivity contribution in [2.45, 2.75) is 32.3 Å². The van der Waals surface area contributed by atoms with Crippen molar-refractivity contribution in [2.24, 2.45) is 0 Å². The van der Waals surface area contributed by atoms with Crippen LogP contribution in [0.1, 0.15) is 24.0 Å². The Balaban J connectivity index is 1.46. The van der Waals surface area contributed by atoms with Gasteiger partial charge >= 0.3 is 0 Å². The zero-order valence-corrected chi connectivity index (χ0v) is 16.3. The fourth-order valence-electron chi connectivity index (χ4n) is 3.13. The quantitative estimate of drug-likeness (QED) is 0.827. The molecule has 28 heavy (non-hydrogen) atoms. The van der Waals surface area contributed by atoms with E-state index in [2.05, 4.69) is 0 Å². The second kappa shape index (κ2) is 8.61. The van der Waals surface area contributed by atoms with Crippen LogP contribution in [0.3, 0.4) is 0 Å². The second-order valence-corrected chi connectivity index (χ2v) is 7.39. The Labute approximate surface area is 164 Å². The first-order chi connectivity index (χ1) is 13.3. The maximum Gasteiger partial charge on any atom is 0.260 e. The van der Waals surface area contributed by atoms with Crippen molar-refractivity contribution in [3.05, 3.63) is 59.4 Å². The van der Waals surface area contributed by atoms with E-state index in [4.69, 9.17) is 9.47 Å². The lowest BCUT2D eigenvalue weighted by Gasteiger charge is -2.37. The Morgan fingerprint density at radius 3 is 2.46 bits per heavy atom. The van der Waals surface area contributed by atoms with E-state index >= 15 is 0 Å². The summed E-state index contributed by atoms with van der Waals surface area (Å²) in [5, 5.41) is 10.8. The third kappa shape index (κ3) is 5.23. The number of piperidine rings is 1. The molecule has 3 rings (SSSR count). The van der Waals surface area contributed by atoms with E-state index in [1.807, 2.05) is 32.0 Å². The summed E-state index contributed by atoms with van der Waals surface area (Å²) in [5.41, 5.74) is 1.38. The predicted octanol–water partition coefficient (Wildman–Crippen LogP) is 3.25. The first-order valence-corrected chi connectivity index (χ1v) is 9.43. The molecule has 2 aromatic carbocycles. The Morgan fingerprint density at radius 2 is 1.79 bits per heavy atom. The molecule has 0 spiro atoms. The second-order valence-electron chi connectivity index (χ2n) is 7.39. The molecule has 0 bridgehead atoms. The summed E-state index contributed by atoms with van der Waals surface area (Å²) in [6.07, 6.45) is 0.868. The monoisotopic (exact) mass is 387 g/mol. The molecule has 0 unspecified atom stereocenters. The van der Waals surface area contributed by atoms with E-state index < -0.39 is 11.4 Å². The molecular formula is C22H26FNO4. The fourth-order valence-corrected chi connectivity index (χ4v) is 3.13. The Hall–Kier alpha value is -2.60. The molecule has 1 amide bonds. The van der Waals surface area contributed by atoms with Crippen LogP contribution in [0.25, 0.3) is 0 Å². The number of carbonyl (C=O) groups is 1. The molecule has 1 heterocycles. The van der Waals surface area contributed by atoms with Crippen molar-refractivity contribution in [3.63, 3.8) is 0 Å². The molecule has 1 saturated heterocycles. The summed E-state index contributed by atoms with van der Waals surface area (Å²) in [6.45, 7) is 4.96. The van der Waals surface area contributed by atoms with Crippen LogP contribution in [-0.4, -0.2) is 47.8 Å². The van der Waals surface area contributed by atoms with Gasteiger partial charge in [-0.15, -0.1) is 0 Å². The number of hydrogen-bond donors (Lipinski definition) is 1. The van der Waals surface area contributed by atoms with Gasteiger partial charge in [0.1, 0.15) is 29.5 Å². The van der Waals surface area contributed by atoms with Crippen molar-refractivity contribution in [3.8, 4) is 11.5 Å². The number of aliphatic hydroxyl groups is 1. The molecular weight excluding hydrogens is 361 g/mol. The van der Waals surface area contributed by atoms with Gasteiger partial charge in [0, 0.05) is 19.2 Å². The van der Waals surface area contributed by atoms with Gasteiger partial charge < -0.3 is 19.5 Å². The number of halogens is 1. The van der Waals surface area contributed by atoms with E-state index in [0.717, 1.165) is 11.3 Å². The Bertz CT molecular complexity index is 831. The number of nitrogens with zero attached hydrogens (tertiary/aromatic N) is 1. The zero-order valence-electron chi connectivity index (χ0n) is 16.3. The average molecular weight is 387 g/mol. The molecule has 0 aliphatic carbocycles. The van der Waals surface area contributed by atoms with Gasteiger partial charge in [-0.25, -0.2) is 4.39 Å². The van der Waals surface area contributed by atoms with Gasteiger partial charge in [0.15, 0.2) is 6.61 Å². The summed E-state index contributed by atoms with van der Waals surface area (Å²) >= 11 is 0. The number of hydrogen-bond acceptors (Lipinski definition) is 4.